The zero-order valence-corrected chi connectivity index (χ0v) is 14.3. The zero-order valence-electron chi connectivity index (χ0n) is 14.3. The number of hydrogen-bond acceptors (Lipinski definition) is 3. The molecule has 0 spiro atoms. The van der Waals surface area contributed by atoms with Crippen molar-refractivity contribution in [1.82, 2.24) is 15.5 Å². The molecule has 1 aromatic carbocycles. The minimum atomic E-state index is 0.483. The fraction of sp³-hybridized carbons (Fsp3) is 0.556. The molecule has 1 saturated heterocycles. The summed E-state index contributed by atoms with van der Waals surface area (Å²) < 4.78 is 0. The van der Waals surface area contributed by atoms with E-state index in [1.807, 2.05) is 24.3 Å². The molecule has 1 heterocycles. The van der Waals surface area contributed by atoms with Gasteiger partial charge in [0, 0.05) is 38.8 Å². The van der Waals surface area contributed by atoms with Crippen molar-refractivity contribution in [1.29, 1.82) is 5.26 Å². The number of likely N-dealkylation sites (tertiary alicyclic amines) is 1. The standard InChI is InChI=1S/C18H27N5/c1-14(2)23-10-8-17(9-11-23)22-18(20-3)21-13-16-6-4-15(12-19)5-7-16/h4-7,14,17H,8-11,13H2,1-3H3,(H2,20,21,22). The lowest BCUT2D eigenvalue weighted by atomic mass is 10.0. The van der Waals surface area contributed by atoms with Gasteiger partial charge >= 0.3 is 0 Å². The van der Waals surface area contributed by atoms with Gasteiger partial charge < -0.3 is 15.5 Å². The fourth-order valence-corrected chi connectivity index (χ4v) is 2.83. The van der Waals surface area contributed by atoms with E-state index in [2.05, 4.69) is 40.4 Å². The average molecular weight is 313 g/mol. The van der Waals surface area contributed by atoms with Crippen LogP contribution in [0.5, 0.6) is 0 Å². The summed E-state index contributed by atoms with van der Waals surface area (Å²) in [5.41, 5.74) is 1.83. The van der Waals surface area contributed by atoms with Crippen LogP contribution >= 0.6 is 0 Å². The molecule has 5 heteroatoms. The molecule has 0 aromatic heterocycles. The summed E-state index contributed by atoms with van der Waals surface area (Å²) in [7, 11) is 1.80. The van der Waals surface area contributed by atoms with Gasteiger partial charge in [-0.25, -0.2) is 0 Å². The number of aliphatic imine (C=N–C) groups is 1. The highest BCUT2D eigenvalue weighted by Gasteiger charge is 2.21. The van der Waals surface area contributed by atoms with E-state index in [-0.39, 0.29) is 0 Å². The van der Waals surface area contributed by atoms with E-state index in [4.69, 9.17) is 5.26 Å². The fourth-order valence-electron chi connectivity index (χ4n) is 2.83. The number of benzene rings is 1. The lowest BCUT2D eigenvalue weighted by Crippen LogP contribution is -2.49. The molecule has 5 nitrogen and oxygen atoms in total. The van der Waals surface area contributed by atoms with Gasteiger partial charge in [-0.05, 0) is 44.4 Å². The third-order valence-corrected chi connectivity index (χ3v) is 4.37. The van der Waals surface area contributed by atoms with Crippen LogP contribution in [0, 0.1) is 11.3 Å². The lowest BCUT2D eigenvalue weighted by Gasteiger charge is -2.35. The highest BCUT2D eigenvalue weighted by atomic mass is 15.2. The van der Waals surface area contributed by atoms with E-state index in [1.54, 1.807) is 7.05 Å². The number of piperidine rings is 1. The summed E-state index contributed by atoms with van der Waals surface area (Å²) >= 11 is 0. The van der Waals surface area contributed by atoms with Crippen molar-refractivity contribution in [2.24, 2.45) is 4.99 Å². The Balaban J connectivity index is 1.78. The van der Waals surface area contributed by atoms with Crippen molar-refractivity contribution in [3.63, 3.8) is 0 Å². The zero-order chi connectivity index (χ0) is 16.7. The van der Waals surface area contributed by atoms with Gasteiger partial charge in [-0.2, -0.15) is 5.26 Å². The molecular weight excluding hydrogens is 286 g/mol. The van der Waals surface area contributed by atoms with E-state index in [1.165, 1.54) is 0 Å². The molecule has 124 valence electrons. The van der Waals surface area contributed by atoms with E-state index in [0.29, 0.717) is 24.2 Å². The van der Waals surface area contributed by atoms with Crippen molar-refractivity contribution >= 4 is 5.96 Å². The molecule has 0 bridgehead atoms. The second-order valence-electron chi connectivity index (χ2n) is 6.28. The Morgan fingerprint density at radius 2 is 1.96 bits per heavy atom. The minimum absolute atomic E-state index is 0.483. The number of hydrogen-bond donors (Lipinski definition) is 2. The molecule has 23 heavy (non-hydrogen) atoms. The van der Waals surface area contributed by atoms with Crippen LogP contribution in [0.3, 0.4) is 0 Å². The molecule has 0 amide bonds. The van der Waals surface area contributed by atoms with Gasteiger partial charge in [-0.15, -0.1) is 0 Å². The number of nitrogens with zero attached hydrogens (tertiary/aromatic N) is 3. The maximum absolute atomic E-state index is 8.82. The first-order valence-electron chi connectivity index (χ1n) is 8.32. The molecule has 1 aliphatic rings. The van der Waals surface area contributed by atoms with Crippen LogP contribution in [-0.4, -0.2) is 43.1 Å². The molecule has 1 aliphatic heterocycles. The van der Waals surface area contributed by atoms with E-state index < -0.39 is 0 Å². The lowest BCUT2D eigenvalue weighted by molar-refractivity contribution is 0.167. The maximum atomic E-state index is 8.82. The van der Waals surface area contributed by atoms with Crippen LogP contribution in [-0.2, 0) is 6.54 Å². The first-order valence-corrected chi connectivity index (χ1v) is 8.32. The Morgan fingerprint density at radius 1 is 1.30 bits per heavy atom. The first kappa shape index (κ1) is 17.3. The van der Waals surface area contributed by atoms with Gasteiger partial charge in [-0.1, -0.05) is 12.1 Å². The van der Waals surface area contributed by atoms with Gasteiger partial charge in [0.1, 0.15) is 0 Å². The summed E-state index contributed by atoms with van der Waals surface area (Å²) in [6.07, 6.45) is 2.30. The van der Waals surface area contributed by atoms with Crippen LogP contribution in [0.1, 0.15) is 37.8 Å². The number of nitriles is 1. The summed E-state index contributed by atoms with van der Waals surface area (Å²) in [5, 5.41) is 15.7. The molecule has 1 fully saturated rings. The van der Waals surface area contributed by atoms with E-state index >= 15 is 0 Å². The largest absolute Gasteiger partial charge is 0.354 e. The third-order valence-electron chi connectivity index (χ3n) is 4.37. The monoisotopic (exact) mass is 313 g/mol. The van der Waals surface area contributed by atoms with Crippen LogP contribution in [0.4, 0.5) is 0 Å². The SMILES string of the molecule is CN=C(NCc1ccc(C#N)cc1)NC1CCN(C(C)C)CC1. The topological polar surface area (TPSA) is 63.5 Å². The molecule has 2 rings (SSSR count). The minimum Gasteiger partial charge on any atom is -0.354 e. The summed E-state index contributed by atoms with van der Waals surface area (Å²) in [6, 6.07) is 10.9. The van der Waals surface area contributed by atoms with Crippen molar-refractivity contribution in [2.45, 2.75) is 45.3 Å². The molecule has 1 aromatic rings. The number of nitrogens with one attached hydrogen (secondary N) is 2. The maximum Gasteiger partial charge on any atom is 0.191 e. The Morgan fingerprint density at radius 3 is 2.48 bits per heavy atom. The number of guanidine groups is 1. The van der Waals surface area contributed by atoms with Gasteiger partial charge in [0.15, 0.2) is 5.96 Å². The molecule has 0 radical (unpaired) electrons. The number of rotatable bonds is 4. The quantitative estimate of drug-likeness (QED) is 0.660. The third kappa shape index (κ3) is 5.26. The summed E-state index contributed by atoms with van der Waals surface area (Å²) in [4.78, 5) is 6.83. The van der Waals surface area contributed by atoms with Gasteiger partial charge in [-0.3, -0.25) is 4.99 Å². The normalized spacial score (nSPS) is 17.1. The van der Waals surface area contributed by atoms with Crippen molar-refractivity contribution in [2.75, 3.05) is 20.1 Å². The Hall–Kier alpha value is -2.06. The average Bonchev–Trinajstić information content (AvgIpc) is 2.59. The van der Waals surface area contributed by atoms with Gasteiger partial charge in [0.25, 0.3) is 0 Å². The summed E-state index contributed by atoms with van der Waals surface area (Å²) in [6.45, 7) is 7.50. The molecular formula is C18H27N5. The van der Waals surface area contributed by atoms with Crippen LogP contribution < -0.4 is 10.6 Å². The predicted octanol–water partition coefficient (Wildman–Crippen LogP) is 2.10. The van der Waals surface area contributed by atoms with Crippen LogP contribution in [0.25, 0.3) is 0 Å². The molecule has 2 N–H and O–H groups in total. The van der Waals surface area contributed by atoms with Gasteiger partial charge in [0.05, 0.1) is 11.6 Å². The Kier molecular flexibility index (Phi) is 6.42. The smallest absolute Gasteiger partial charge is 0.191 e. The van der Waals surface area contributed by atoms with Crippen LogP contribution in [0.15, 0.2) is 29.3 Å². The molecule has 0 unspecified atom stereocenters. The first-order chi connectivity index (χ1) is 11.1. The second-order valence-corrected chi connectivity index (χ2v) is 6.28. The van der Waals surface area contributed by atoms with Gasteiger partial charge in [0.2, 0.25) is 0 Å². The van der Waals surface area contributed by atoms with Crippen molar-refractivity contribution in [3.8, 4) is 6.07 Å². The van der Waals surface area contributed by atoms with E-state index in [9.17, 15) is 0 Å². The van der Waals surface area contributed by atoms with Crippen LogP contribution in [0.2, 0.25) is 0 Å². The predicted molar refractivity (Wildman–Crippen MR) is 94.2 cm³/mol. The Bertz CT molecular complexity index is 548. The molecule has 0 aliphatic carbocycles. The molecule has 0 saturated carbocycles. The highest BCUT2D eigenvalue weighted by Crippen LogP contribution is 2.12. The van der Waals surface area contributed by atoms with Crippen molar-refractivity contribution < 1.29 is 0 Å². The Labute approximate surface area is 139 Å². The highest BCUT2D eigenvalue weighted by molar-refractivity contribution is 5.79. The summed E-state index contributed by atoms with van der Waals surface area (Å²) in [5.74, 6) is 0.845. The van der Waals surface area contributed by atoms with E-state index in [0.717, 1.165) is 37.5 Å². The second kappa shape index (κ2) is 8.54. The molecule has 0 atom stereocenters. The van der Waals surface area contributed by atoms with Crippen molar-refractivity contribution in [3.05, 3.63) is 35.4 Å².